The van der Waals surface area contributed by atoms with Crippen molar-refractivity contribution in [3.63, 3.8) is 0 Å². The molecule has 1 unspecified atom stereocenters. The van der Waals surface area contributed by atoms with Crippen LogP contribution in [0.3, 0.4) is 0 Å². The monoisotopic (exact) mass is 336 g/mol. The van der Waals surface area contributed by atoms with Gasteiger partial charge in [0, 0.05) is 12.2 Å². The lowest BCUT2D eigenvalue weighted by atomic mass is 10.2. The summed E-state index contributed by atoms with van der Waals surface area (Å²) < 4.78 is 66.6. The topological polar surface area (TPSA) is 26.3 Å². The molecule has 0 N–H and O–H groups in total. The molecule has 0 aliphatic carbocycles. The van der Waals surface area contributed by atoms with E-state index < -0.39 is 35.5 Å². The summed E-state index contributed by atoms with van der Waals surface area (Å²) in [6, 6.07) is 0. The maximum atomic E-state index is 12.8. The van der Waals surface area contributed by atoms with Gasteiger partial charge in [0.2, 0.25) is 0 Å². The molecule has 8 heteroatoms. The molecule has 0 radical (unpaired) electrons. The highest BCUT2D eigenvalue weighted by Crippen LogP contribution is 2.39. The van der Waals surface area contributed by atoms with Crippen molar-refractivity contribution in [3.05, 3.63) is 0 Å². The Bertz CT molecular complexity index is 318. The first-order chi connectivity index (χ1) is 9.51. The Labute approximate surface area is 125 Å². The Morgan fingerprint density at radius 3 is 2.19 bits per heavy atom. The molecule has 0 fully saturated rings. The molecule has 0 saturated heterocycles. The van der Waals surface area contributed by atoms with Gasteiger partial charge < -0.3 is 4.74 Å². The van der Waals surface area contributed by atoms with Crippen LogP contribution in [0, 0.1) is 5.92 Å². The fourth-order valence-corrected chi connectivity index (χ4v) is 2.61. The third-order valence-electron chi connectivity index (χ3n) is 2.52. The van der Waals surface area contributed by atoms with Gasteiger partial charge >= 0.3 is 18.1 Å². The zero-order valence-corrected chi connectivity index (χ0v) is 13.1. The maximum absolute atomic E-state index is 12.8. The number of halogens is 5. The van der Waals surface area contributed by atoms with E-state index in [1.807, 2.05) is 13.8 Å². The van der Waals surface area contributed by atoms with Crippen LogP contribution < -0.4 is 0 Å². The van der Waals surface area contributed by atoms with Crippen molar-refractivity contribution in [3.8, 4) is 0 Å². The van der Waals surface area contributed by atoms with Crippen LogP contribution in [0.15, 0.2) is 0 Å². The van der Waals surface area contributed by atoms with Gasteiger partial charge in [0.15, 0.2) is 0 Å². The summed E-state index contributed by atoms with van der Waals surface area (Å²) in [6.07, 6.45) is -5.88. The molecule has 126 valence electrons. The number of rotatable bonds is 9. The van der Waals surface area contributed by atoms with Gasteiger partial charge in [-0.3, -0.25) is 4.79 Å². The molecule has 0 rings (SSSR count). The second-order valence-electron chi connectivity index (χ2n) is 5.12. The second-order valence-corrected chi connectivity index (χ2v) is 6.43. The summed E-state index contributed by atoms with van der Waals surface area (Å²) in [5.41, 5.74) is 0. The molecular formula is C13H21F5O2S. The van der Waals surface area contributed by atoms with Crippen LogP contribution in [-0.4, -0.2) is 35.7 Å². The van der Waals surface area contributed by atoms with Gasteiger partial charge in [0.05, 0.1) is 6.61 Å². The van der Waals surface area contributed by atoms with E-state index in [1.165, 1.54) is 0 Å². The predicted octanol–water partition coefficient (Wildman–Crippen LogP) is 4.68. The van der Waals surface area contributed by atoms with Crippen molar-refractivity contribution in [1.82, 2.24) is 0 Å². The molecule has 0 aromatic heterocycles. The molecule has 0 aliphatic rings. The highest BCUT2D eigenvalue weighted by Gasteiger charge is 2.56. The van der Waals surface area contributed by atoms with Crippen LogP contribution in [0.25, 0.3) is 0 Å². The van der Waals surface area contributed by atoms with Crippen molar-refractivity contribution in [2.45, 2.75) is 57.4 Å². The first-order valence-electron chi connectivity index (χ1n) is 6.74. The first kappa shape index (κ1) is 20.5. The number of carbonyl (C=O) groups is 1. The minimum atomic E-state index is -5.55. The Hall–Kier alpha value is -0.530. The smallest absolute Gasteiger partial charge is 0.453 e. The van der Waals surface area contributed by atoms with Crippen LogP contribution in [0.2, 0.25) is 0 Å². The van der Waals surface area contributed by atoms with Gasteiger partial charge in [-0.25, -0.2) is 0 Å². The molecule has 0 aliphatic heterocycles. The Kier molecular flexibility index (Phi) is 8.58. The van der Waals surface area contributed by atoms with Crippen LogP contribution in [0.4, 0.5) is 22.0 Å². The zero-order chi connectivity index (χ0) is 16.7. The van der Waals surface area contributed by atoms with E-state index in [0.29, 0.717) is 12.8 Å². The molecule has 2 nitrogen and oxygen atoms in total. The molecule has 0 amide bonds. The second kappa shape index (κ2) is 8.80. The third-order valence-corrected chi connectivity index (χ3v) is 3.79. The molecule has 0 aromatic carbocycles. The van der Waals surface area contributed by atoms with E-state index in [1.54, 1.807) is 6.92 Å². The molecule has 0 spiro atoms. The van der Waals surface area contributed by atoms with E-state index in [-0.39, 0.29) is 12.5 Å². The van der Waals surface area contributed by atoms with Gasteiger partial charge in [-0.05, 0) is 12.3 Å². The number of alkyl halides is 5. The van der Waals surface area contributed by atoms with Crippen molar-refractivity contribution < 1.29 is 31.5 Å². The molecule has 0 bridgehead atoms. The van der Waals surface area contributed by atoms with E-state index in [0.717, 1.165) is 11.8 Å². The van der Waals surface area contributed by atoms with Crippen molar-refractivity contribution in [1.29, 1.82) is 0 Å². The summed E-state index contributed by atoms with van der Waals surface area (Å²) in [5, 5.41) is -0.696. The third kappa shape index (κ3) is 7.87. The lowest BCUT2D eigenvalue weighted by Gasteiger charge is -2.21. The average molecular weight is 336 g/mol. The Morgan fingerprint density at radius 1 is 1.19 bits per heavy atom. The van der Waals surface area contributed by atoms with E-state index >= 15 is 0 Å². The number of carbonyl (C=O) groups excluding carboxylic acids is 1. The maximum Gasteiger partial charge on any atom is 0.453 e. The number of hydrogen-bond acceptors (Lipinski definition) is 3. The SMILES string of the molecule is CCCC(SCCC(F)(F)C(F)(F)F)C(=O)OCC(C)C. The van der Waals surface area contributed by atoms with Gasteiger partial charge in [-0.1, -0.05) is 27.2 Å². The zero-order valence-electron chi connectivity index (χ0n) is 12.3. The molecule has 0 heterocycles. The Morgan fingerprint density at radius 2 is 1.76 bits per heavy atom. The minimum absolute atomic E-state index is 0.135. The number of ether oxygens (including phenoxy) is 1. The van der Waals surface area contributed by atoms with Crippen LogP contribution >= 0.6 is 11.8 Å². The summed E-state index contributed by atoms with van der Waals surface area (Å²) in [6.45, 7) is 5.70. The number of esters is 1. The van der Waals surface area contributed by atoms with E-state index in [2.05, 4.69) is 0 Å². The summed E-state index contributed by atoms with van der Waals surface area (Å²) in [7, 11) is 0. The predicted molar refractivity (Wildman–Crippen MR) is 72.6 cm³/mol. The van der Waals surface area contributed by atoms with E-state index in [4.69, 9.17) is 4.74 Å². The Balaban J connectivity index is 4.36. The van der Waals surface area contributed by atoms with Crippen LogP contribution in [-0.2, 0) is 9.53 Å². The summed E-state index contributed by atoms with van der Waals surface area (Å²) in [5.74, 6) is -5.59. The molecule has 1 atom stereocenters. The molecule has 21 heavy (non-hydrogen) atoms. The fourth-order valence-electron chi connectivity index (χ4n) is 1.34. The van der Waals surface area contributed by atoms with Gasteiger partial charge in [-0.2, -0.15) is 22.0 Å². The minimum Gasteiger partial charge on any atom is -0.465 e. The quantitative estimate of drug-likeness (QED) is 0.452. The number of hydrogen-bond donors (Lipinski definition) is 0. The molecular weight excluding hydrogens is 315 g/mol. The van der Waals surface area contributed by atoms with Crippen molar-refractivity contribution >= 4 is 17.7 Å². The van der Waals surface area contributed by atoms with Crippen molar-refractivity contribution in [2.24, 2.45) is 5.92 Å². The molecule has 0 saturated carbocycles. The number of thioether (sulfide) groups is 1. The lowest BCUT2D eigenvalue weighted by molar-refractivity contribution is -0.282. The normalized spacial score (nSPS) is 14.3. The standard InChI is InChI=1S/C13H21F5O2S/c1-4-5-10(11(19)20-8-9(2)3)21-7-6-12(14,15)13(16,17)18/h9-10H,4-8H2,1-3H3. The highest BCUT2D eigenvalue weighted by molar-refractivity contribution is 8.00. The van der Waals surface area contributed by atoms with E-state index in [9.17, 15) is 26.7 Å². The lowest BCUT2D eigenvalue weighted by Crippen LogP contribution is -2.37. The van der Waals surface area contributed by atoms with Gasteiger partial charge in [0.1, 0.15) is 5.25 Å². The van der Waals surface area contributed by atoms with Gasteiger partial charge in [-0.15, -0.1) is 11.8 Å². The first-order valence-corrected chi connectivity index (χ1v) is 7.79. The van der Waals surface area contributed by atoms with Crippen molar-refractivity contribution in [2.75, 3.05) is 12.4 Å². The fraction of sp³-hybridized carbons (Fsp3) is 0.923. The average Bonchev–Trinajstić information content (AvgIpc) is 2.33. The van der Waals surface area contributed by atoms with Crippen LogP contribution in [0.5, 0.6) is 0 Å². The largest absolute Gasteiger partial charge is 0.465 e. The molecule has 0 aromatic rings. The highest BCUT2D eigenvalue weighted by atomic mass is 32.2. The summed E-state index contributed by atoms with van der Waals surface area (Å²) >= 11 is 0.794. The van der Waals surface area contributed by atoms with Crippen LogP contribution in [0.1, 0.15) is 40.0 Å². The van der Waals surface area contributed by atoms with Gasteiger partial charge in [0.25, 0.3) is 0 Å². The summed E-state index contributed by atoms with van der Waals surface area (Å²) in [4.78, 5) is 11.7.